The maximum Gasteiger partial charge on any atom is 0.330 e. The molecule has 0 bridgehead atoms. The van der Waals surface area contributed by atoms with Crippen molar-refractivity contribution < 1.29 is 43.2 Å². The molecule has 0 aromatic heterocycles. The first-order valence-corrected chi connectivity index (χ1v) is 12.1. The van der Waals surface area contributed by atoms with Crippen LogP contribution < -0.4 is 0 Å². The van der Waals surface area contributed by atoms with Gasteiger partial charge in [0.15, 0.2) is 6.10 Å². The number of esters is 2. The van der Waals surface area contributed by atoms with Crippen LogP contribution in [0.25, 0.3) is 0 Å². The number of aliphatic hydroxyl groups excluding tert-OH is 1. The SMILES string of the molecule is COC(=O)C=C1C[C@@H](C[C@@H](O)[C@@H](C)OCc2ccccc2)O[C@@](OC)(C(C)(C)C=CC=O)C1OC(C)=O. The zero-order valence-electron chi connectivity index (χ0n) is 22.3. The standard InChI is InChI=1S/C28H38O9/c1-19(35-18-21-11-8-7-9-12-21)24(31)17-23-15-22(16-25(32)33-5)26(36-20(2)30)28(34-6,37-23)27(3,4)13-10-14-29/h7-14,16,19,23-24,26,31H,15,17-18H2,1-6H3/t19-,23+,24-,26?,28-/m1/s1. The Bertz CT molecular complexity index is 969. The van der Waals surface area contributed by atoms with Gasteiger partial charge in [-0.3, -0.25) is 9.59 Å². The average molecular weight is 519 g/mol. The van der Waals surface area contributed by atoms with E-state index in [-0.39, 0.29) is 12.8 Å². The van der Waals surface area contributed by atoms with Gasteiger partial charge in [0.2, 0.25) is 5.79 Å². The van der Waals surface area contributed by atoms with E-state index in [1.54, 1.807) is 26.8 Å². The van der Waals surface area contributed by atoms with E-state index in [2.05, 4.69) is 0 Å². The molecule has 1 heterocycles. The number of aliphatic hydroxyl groups is 1. The lowest BCUT2D eigenvalue weighted by molar-refractivity contribution is -0.338. The minimum atomic E-state index is -1.63. The van der Waals surface area contributed by atoms with E-state index in [0.29, 0.717) is 18.5 Å². The van der Waals surface area contributed by atoms with Crippen molar-refractivity contribution in [1.82, 2.24) is 0 Å². The zero-order valence-corrected chi connectivity index (χ0v) is 22.3. The molecule has 1 aliphatic heterocycles. The lowest BCUT2D eigenvalue weighted by atomic mass is 9.74. The summed E-state index contributed by atoms with van der Waals surface area (Å²) in [6.07, 6.45) is 1.84. The van der Waals surface area contributed by atoms with Crippen LogP contribution in [0, 0.1) is 5.41 Å². The van der Waals surface area contributed by atoms with Crippen LogP contribution in [-0.2, 0) is 44.7 Å². The Balaban J connectivity index is 2.39. The Kier molecular flexibility index (Phi) is 11.2. The Morgan fingerprint density at radius 3 is 2.49 bits per heavy atom. The van der Waals surface area contributed by atoms with Gasteiger partial charge in [-0.15, -0.1) is 0 Å². The van der Waals surface area contributed by atoms with Crippen LogP contribution in [0.2, 0.25) is 0 Å². The van der Waals surface area contributed by atoms with Crippen LogP contribution in [-0.4, -0.2) is 67.8 Å². The maximum absolute atomic E-state index is 12.2. The van der Waals surface area contributed by atoms with Crippen molar-refractivity contribution in [2.75, 3.05) is 14.2 Å². The van der Waals surface area contributed by atoms with Crippen molar-refractivity contribution in [3.8, 4) is 0 Å². The Labute approximate surface area is 218 Å². The highest BCUT2D eigenvalue weighted by molar-refractivity contribution is 5.83. The van der Waals surface area contributed by atoms with E-state index in [1.165, 1.54) is 33.3 Å². The molecule has 204 valence electrons. The van der Waals surface area contributed by atoms with E-state index in [4.69, 9.17) is 23.7 Å². The largest absolute Gasteiger partial charge is 0.466 e. The number of rotatable bonds is 12. The molecule has 0 amide bonds. The van der Waals surface area contributed by atoms with Crippen LogP contribution >= 0.6 is 0 Å². The second-order valence-electron chi connectivity index (χ2n) is 9.57. The van der Waals surface area contributed by atoms with E-state index in [9.17, 15) is 19.5 Å². The van der Waals surface area contributed by atoms with Gasteiger partial charge in [-0.2, -0.15) is 0 Å². The highest BCUT2D eigenvalue weighted by Gasteiger charge is 2.59. The van der Waals surface area contributed by atoms with Crippen molar-refractivity contribution in [2.45, 2.75) is 77.3 Å². The summed E-state index contributed by atoms with van der Waals surface area (Å²) in [7, 11) is 2.64. The number of methoxy groups -OCH3 is 2. The van der Waals surface area contributed by atoms with E-state index < -0.39 is 47.6 Å². The molecular formula is C28H38O9. The first-order chi connectivity index (χ1) is 17.5. The van der Waals surface area contributed by atoms with Gasteiger partial charge in [0.1, 0.15) is 6.29 Å². The number of hydrogen-bond acceptors (Lipinski definition) is 9. The van der Waals surface area contributed by atoms with Gasteiger partial charge in [-0.05, 0) is 30.6 Å². The van der Waals surface area contributed by atoms with Crippen LogP contribution in [0.4, 0.5) is 0 Å². The summed E-state index contributed by atoms with van der Waals surface area (Å²) in [5.41, 5.74) is 0.361. The summed E-state index contributed by atoms with van der Waals surface area (Å²) in [4.78, 5) is 35.4. The molecule has 9 nitrogen and oxygen atoms in total. The first-order valence-electron chi connectivity index (χ1n) is 12.1. The molecule has 1 saturated heterocycles. The quantitative estimate of drug-likeness (QED) is 0.253. The highest BCUT2D eigenvalue weighted by Crippen LogP contribution is 2.48. The lowest BCUT2D eigenvalue weighted by Crippen LogP contribution is -2.63. The predicted octanol–water partition coefficient (Wildman–Crippen LogP) is 3.29. The number of carbonyl (C=O) groups excluding carboxylic acids is 3. The monoisotopic (exact) mass is 518 g/mol. The number of ether oxygens (including phenoxy) is 5. The van der Waals surface area contributed by atoms with Crippen molar-refractivity contribution >= 4 is 18.2 Å². The normalized spacial score (nSPS) is 25.0. The van der Waals surface area contributed by atoms with Gasteiger partial charge < -0.3 is 28.8 Å². The molecule has 9 heteroatoms. The van der Waals surface area contributed by atoms with Crippen molar-refractivity contribution in [1.29, 1.82) is 0 Å². The fourth-order valence-electron chi connectivity index (χ4n) is 4.44. The maximum atomic E-state index is 12.2. The van der Waals surface area contributed by atoms with Crippen molar-refractivity contribution in [2.24, 2.45) is 5.41 Å². The van der Waals surface area contributed by atoms with Gasteiger partial charge >= 0.3 is 11.9 Å². The zero-order chi connectivity index (χ0) is 27.6. The van der Waals surface area contributed by atoms with Gasteiger partial charge in [0.05, 0.1) is 32.0 Å². The fourth-order valence-corrected chi connectivity index (χ4v) is 4.44. The van der Waals surface area contributed by atoms with Gasteiger partial charge in [0, 0.05) is 31.9 Å². The van der Waals surface area contributed by atoms with E-state index in [0.717, 1.165) is 5.56 Å². The fraction of sp³-hybridized carbons (Fsp3) is 0.536. The third kappa shape index (κ3) is 7.82. The van der Waals surface area contributed by atoms with Crippen LogP contribution in [0.1, 0.15) is 46.1 Å². The Hall–Kier alpha value is -2.85. The summed E-state index contributed by atoms with van der Waals surface area (Å²) in [6.45, 7) is 6.86. The molecule has 0 radical (unpaired) electrons. The predicted molar refractivity (Wildman–Crippen MR) is 135 cm³/mol. The van der Waals surface area contributed by atoms with Gasteiger partial charge in [-0.1, -0.05) is 50.3 Å². The van der Waals surface area contributed by atoms with Gasteiger partial charge in [0.25, 0.3) is 0 Å². The summed E-state index contributed by atoms with van der Waals surface area (Å²) in [6, 6.07) is 9.61. The second kappa shape index (κ2) is 13.6. The molecule has 1 aromatic rings. The number of hydrogen-bond donors (Lipinski definition) is 1. The average Bonchev–Trinajstić information content (AvgIpc) is 2.87. The molecule has 5 atom stereocenters. The Morgan fingerprint density at radius 1 is 1.24 bits per heavy atom. The number of allylic oxidation sites excluding steroid dienone is 1. The van der Waals surface area contributed by atoms with Crippen molar-refractivity contribution in [3.63, 3.8) is 0 Å². The summed E-state index contributed by atoms with van der Waals surface area (Å²) < 4.78 is 28.7. The molecule has 0 saturated carbocycles. The highest BCUT2D eigenvalue weighted by atomic mass is 16.7. The van der Waals surface area contributed by atoms with E-state index >= 15 is 0 Å². The second-order valence-corrected chi connectivity index (χ2v) is 9.57. The third-order valence-electron chi connectivity index (χ3n) is 6.47. The number of carbonyl (C=O) groups is 3. The third-order valence-corrected chi connectivity index (χ3v) is 6.47. The molecule has 1 aliphatic rings. The van der Waals surface area contributed by atoms with Crippen LogP contribution in [0.5, 0.6) is 0 Å². The molecule has 1 fully saturated rings. The molecule has 0 spiro atoms. The van der Waals surface area contributed by atoms with E-state index in [1.807, 2.05) is 30.3 Å². The summed E-state index contributed by atoms with van der Waals surface area (Å²) in [5.74, 6) is -2.88. The molecule has 2 rings (SSSR count). The molecular weight excluding hydrogens is 480 g/mol. The molecule has 1 aromatic carbocycles. The topological polar surface area (TPSA) is 118 Å². The van der Waals surface area contributed by atoms with Crippen molar-refractivity contribution in [3.05, 3.63) is 59.7 Å². The van der Waals surface area contributed by atoms with Crippen LogP contribution in [0.3, 0.4) is 0 Å². The minimum absolute atomic E-state index is 0.139. The van der Waals surface area contributed by atoms with Gasteiger partial charge in [-0.25, -0.2) is 4.79 Å². The molecule has 1 unspecified atom stereocenters. The molecule has 37 heavy (non-hydrogen) atoms. The first kappa shape index (κ1) is 30.4. The Morgan fingerprint density at radius 2 is 1.92 bits per heavy atom. The summed E-state index contributed by atoms with van der Waals surface area (Å²) >= 11 is 0. The lowest BCUT2D eigenvalue weighted by Gasteiger charge is -2.53. The number of benzene rings is 1. The minimum Gasteiger partial charge on any atom is -0.466 e. The summed E-state index contributed by atoms with van der Waals surface area (Å²) in [5, 5.41) is 11.0. The van der Waals surface area contributed by atoms with Crippen LogP contribution in [0.15, 0.2) is 54.1 Å². The molecule has 0 aliphatic carbocycles. The number of aldehydes is 1. The molecule has 1 N–H and O–H groups in total. The smallest absolute Gasteiger partial charge is 0.330 e.